The Labute approximate surface area is 120 Å². The SMILES string of the molecule is CCCC(=O)Nc1ccc(OCC(O)CN(C)C)cc1. The van der Waals surface area contributed by atoms with Crippen molar-refractivity contribution in [3.8, 4) is 5.75 Å². The van der Waals surface area contributed by atoms with E-state index >= 15 is 0 Å². The number of carbonyl (C=O) groups excluding carboxylic acids is 1. The summed E-state index contributed by atoms with van der Waals surface area (Å²) in [5.74, 6) is 0.693. The van der Waals surface area contributed by atoms with Gasteiger partial charge < -0.3 is 20.1 Å². The first kappa shape index (κ1) is 16.5. The van der Waals surface area contributed by atoms with E-state index in [-0.39, 0.29) is 12.5 Å². The van der Waals surface area contributed by atoms with Crippen molar-refractivity contribution in [3.05, 3.63) is 24.3 Å². The number of nitrogens with zero attached hydrogens (tertiary/aromatic N) is 1. The van der Waals surface area contributed by atoms with Crippen molar-refractivity contribution < 1.29 is 14.6 Å². The number of hydrogen-bond donors (Lipinski definition) is 2. The van der Waals surface area contributed by atoms with Crippen molar-refractivity contribution in [1.82, 2.24) is 4.90 Å². The lowest BCUT2D eigenvalue weighted by Gasteiger charge is -2.16. The summed E-state index contributed by atoms with van der Waals surface area (Å²) in [6.45, 7) is 2.78. The minimum atomic E-state index is -0.520. The van der Waals surface area contributed by atoms with Gasteiger partial charge in [0.25, 0.3) is 0 Å². The normalized spacial score (nSPS) is 12.2. The molecule has 0 bridgehead atoms. The van der Waals surface area contributed by atoms with Crippen LogP contribution in [0.2, 0.25) is 0 Å². The Kier molecular flexibility index (Phi) is 7.04. The van der Waals surface area contributed by atoms with Gasteiger partial charge in [-0.3, -0.25) is 4.79 Å². The summed E-state index contributed by atoms with van der Waals surface area (Å²) in [6.07, 6.45) is 0.833. The first-order valence-corrected chi connectivity index (χ1v) is 6.86. The lowest BCUT2D eigenvalue weighted by molar-refractivity contribution is -0.116. The van der Waals surface area contributed by atoms with E-state index in [0.29, 0.717) is 18.7 Å². The van der Waals surface area contributed by atoms with Crippen LogP contribution in [0.3, 0.4) is 0 Å². The molecular weight excluding hydrogens is 256 g/mol. The zero-order valence-corrected chi connectivity index (χ0v) is 12.4. The van der Waals surface area contributed by atoms with Crippen LogP contribution in [0.15, 0.2) is 24.3 Å². The molecule has 0 aromatic heterocycles. The second-order valence-electron chi connectivity index (χ2n) is 5.05. The van der Waals surface area contributed by atoms with E-state index in [4.69, 9.17) is 4.74 Å². The van der Waals surface area contributed by atoms with Gasteiger partial charge in [-0.05, 0) is 44.8 Å². The van der Waals surface area contributed by atoms with Crippen molar-refractivity contribution >= 4 is 11.6 Å². The zero-order valence-electron chi connectivity index (χ0n) is 12.4. The predicted molar refractivity (Wildman–Crippen MR) is 80.0 cm³/mol. The summed E-state index contributed by atoms with van der Waals surface area (Å²) in [7, 11) is 3.80. The maximum Gasteiger partial charge on any atom is 0.224 e. The van der Waals surface area contributed by atoms with E-state index in [1.54, 1.807) is 24.3 Å². The third kappa shape index (κ3) is 6.54. The summed E-state index contributed by atoms with van der Waals surface area (Å²) in [5.41, 5.74) is 0.754. The van der Waals surface area contributed by atoms with Gasteiger partial charge in [0.15, 0.2) is 0 Å². The maximum absolute atomic E-state index is 11.4. The van der Waals surface area contributed by atoms with Gasteiger partial charge in [-0.25, -0.2) is 0 Å². The first-order valence-electron chi connectivity index (χ1n) is 6.86. The fourth-order valence-corrected chi connectivity index (χ4v) is 1.75. The van der Waals surface area contributed by atoms with Crippen LogP contribution in [-0.2, 0) is 4.79 Å². The first-order chi connectivity index (χ1) is 9.51. The average molecular weight is 280 g/mol. The number of hydrogen-bond acceptors (Lipinski definition) is 4. The Balaban J connectivity index is 2.40. The Bertz CT molecular complexity index is 404. The highest BCUT2D eigenvalue weighted by atomic mass is 16.5. The molecule has 0 fully saturated rings. The van der Waals surface area contributed by atoms with Crippen molar-refractivity contribution in [3.63, 3.8) is 0 Å². The van der Waals surface area contributed by atoms with Crippen LogP contribution in [0.4, 0.5) is 5.69 Å². The van der Waals surface area contributed by atoms with Gasteiger partial charge in [0.2, 0.25) is 5.91 Å². The van der Waals surface area contributed by atoms with Crippen molar-refractivity contribution in [2.24, 2.45) is 0 Å². The number of rotatable bonds is 8. The van der Waals surface area contributed by atoms with Gasteiger partial charge in [-0.2, -0.15) is 0 Å². The Hall–Kier alpha value is -1.59. The molecule has 5 heteroatoms. The molecule has 5 nitrogen and oxygen atoms in total. The molecule has 1 aromatic rings. The minimum Gasteiger partial charge on any atom is -0.491 e. The van der Waals surface area contributed by atoms with E-state index in [1.165, 1.54) is 0 Å². The summed E-state index contributed by atoms with van der Waals surface area (Å²) in [4.78, 5) is 13.3. The molecule has 1 amide bonds. The molecule has 1 aromatic carbocycles. The number of ether oxygens (including phenoxy) is 1. The zero-order chi connectivity index (χ0) is 15.0. The molecule has 20 heavy (non-hydrogen) atoms. The molecule has 0 heterocycles. The Morgan fingerprint density at radius 1 is 1.35 bits per heavy atom. The summed E-state index contributed by atoms with van der Waals surface area (Å²) in [6, 6.07) is 7.15. The van der Waals surface area contributed by atoms with Crippen molar-refractivity contribution in [2.45, 2.75) is 25.9 Å². The number of benzene rings is 1. The van der Waals surface area contributed by atoms with E-state index in [1.807, 2.05) is 25.9 Å². The van der Waals surface area contributed by atoms with Gasteiger partial charge >= 0.3 is 0 Å². The molecule has 2 N–H and O–H groups in total. The Morgan fingerprint density at radius 3 is 2.55 bits per heavy atom. The van der Waals surface area contributed by atoms with Crippen LogP contribution in [0.25, 0.3) is 0 Å². The summed E-state index contributed by atoms with van der Waals surface area (Å²) < 4.78 is 5.49. The summed E-state index contributed by atoms with van der Waals surface area (Å²) >= 11 is 0. The van der Waals surface area contributed by atoms with Crippen LogP contribution >= 0.6 is 0 Å². The standard InChI is InChI=1S/C15H24N2O3/c1-4-5-15(19)16-12-6-8-14(9-7-12)20-11-13(18)10-17(2)3/h6-9,13,18H,4-5,10-11H2,1-3H3,(H,16,19). The monoisotopic (exact) mass is 280 g/mol. The highest BCUT2D eigenvalue weighted by Crippen LogP contribution is 2.16. The lowest BCUT2D eigenvalue weighted by atomic mass is 10.2. The molecule has 1 rings (SSSR count). The fraction of sp³-hybridized carbons (Fsp3) is 0.533. The molecule has 0 aliphatic rings. The average Bonchev–Trinajstić information content (AvgIpc) is 2.37. The molecule has 0 saturated carbocycles. The molecule has 112 valence electrons. The number of likely N-dealkylation sites (N-methyl/N-ethyl adjacent to an activating group) is 1. The van der Waals surface area contributed by atoms with Crippen molar-refractivity contribution in [2.75, 3.05) is 32.6 Å². The van der Waals surface area contributed by atoms with E-state index in [0.717, 1.165) is 12.1 Å². The van der Waals surface area contributed by atoms with E-state index < -0.39 is 6.10 Å². The Morgan fingerprint density at radius 2 is 2.00 bits per heavy atom. The largest absolute Gasteiger partial charge is 0.491 e. The smallest absolute Gasteiger partial charge is 0.224 e. The van der Waals surface area contributed by atoms with Crippen LogP contribution in [-0.4, -0.2) is 49.3 Å². The van der Waals surface area contributed by atoms with Crippen LogP contribution < -0.4 is 10.1 Å². The number of nitrogens with one attached hydrogen (secondary N) is 1. The molecule has 1 atom stereocenters. The number of aliphatic hydroxyl groups excluding tert-OH is 1. The van der Waals surface area contributed by atoms with Gasteiger partial charge in [-0.1, -0.05) is 6.92 Å². The molecule has 1 unspecified atom stereocenters. The third-order valence-corrected chi connectivity index (χ3v) is 2.63. The van der Waals surface area contributed by atoms with Gasteiger partial charge in [0, 0.05) is 18.7 Å². The van der Waals surface area contributed by atoms with Gasteiger partial charge in [0.05, 0.1) is 0 Å². The fourth-order valence-electron chi connectivity index (χ4n) is 1.75. The molecule has 0 spiro atoms. The third-order valence-electron chi connectivity index (χ3n) is 2.63. The topological polar surface area (TPSA) is 61.8 Å². The second kappa shape index (κ2) is 8.55. The predicted octanol–water partition coefficient (Wildman–Crippen LogP) is 1.73. The minimum absolute atomic E-state index is 0.0163. The van der Waals surface area contributed by atoms with E-state index in [9.17, 15) is 9.90 Å². The lowest BCUT2D eigenvalue weighted by Crippen LogP contribution is -2.30. The van der Waals surface area contributed by atoms with Crippen LogP contribution in [0, 0.1) is 0 Å². The van der Waals surface area contributed by atoms with Crippen LogP contribution in [0.1, 0.15) is 19.8 Å². The molecular formula is C15H24N2O3. The molecule has 0 aliphatic carbocycles. The number of anilines is 1. The number of aliphatic hydroxyl groups is 1. The molecule has 0 aliphatic heterocycles. The summed E-state index contributed by atoms with van der Waals surface area (Å²) in [5, 5.41) is 12.5. The van der Waals surface area contributed by atoms with Crippen LogP contribution in [0.5, 0.6) is 5.75 Å². The number of carbonyl (C=O) groups is 1. The number of amides is 1. The maximum atomic E-state index is 11.4. The quantitative estimate of drug-likeness (QED) is 0.761. The highest BCUT2D eigenvalue weighted by Gasteiger charge is 2.06. The van der Waals surface area contributed by atoms with Crippen molar-refractivity contribution in [1.29, 1.82) is 0 Å². The van der Waals surface area contributed by atoms with Gasteiger partial charge in [-0.15, -0.1) is 0 Å². The van der Waals surface area contributed by atoms with Gasteiger partial charge in [0.1, 0.15) is 18.5 Å². The molecule has 0 radical (unpaired) electrons. The van der Waals surface area contributed by atoms with E-state index in [2.05, 4.69) is 5.32 Å². The second-order valence-corrected chi connectivity index (χ2v) is 5.05. The molecule has 0 saturated heterocycles. The highest BCUT2D eigenvalue weighted by molar-refractivity contribution is 5.90.